The minimum Gasteiger partial charge on any atom is -0.341 e. The molecule has 6 heteroatoms. The Morgan fingerprint density at radius 1 is 1.29 bits per heavy atom. The van der Waals surface area contributed by atoms with Gasteiger partial charge in [0.05, 0.1) is 5.56 Å². The van der Waals surface area contributed by atoms with E-state index in [0.29, 0.717) is 4.47 Å². The highest BCUT2D eigenvalue weighted by atomic mass is 79.9. The molecule has 2 rings (SSSR count). The Balaban J connectivity index is 2.01. The molecule has 1 heterocycles. The molecule has 0 saturated carbocycles. The van der Waals surface area contributed by atoms with Crippen LogP contribution in [0.1, 0.15) is 36.5 Å². The lowest BCUT2D eigenvalue weighted by molar-refractivity contribution is -0.133. The van der Waals surface area contributed by atoms with E-state index < -0.39 is 17.8 Å². The first kappa shape index (κ1) is 15.9. The van der Waals surface area contributed by atoms with Crippen molar-refractivity contribution >= 4 is 27.7 Å². The zero-order valence-corrected chi connectivity index (χ0v) is 13.5. The van der Waals surface area contributed by atoms with Crippen molar-refractivity contribution in [2.45, 2.75) is 32.2 Å². The van der Waals surface area contributed by atoms with Gasteiger partial charge in [-0.1, -0.05) is 0 Å². The van der Waals surface area contributed by atoms with Crippen LogP contribution in [0.3, 0.4) is 0 Å². The summed E-state index contributed by atoms with van der Waals surface area (Å²) in [6, 6.07) is 3.27. The first-order chi connectivity index (χ1) is 9.99. The first-order valence-corrected chi connectivity index (χ1v) is 7.83. The predicted octanol–water partition coefficient (Wildman–Crippen LogP) is 2.72. The summed E-state index contributed by atoms with van der Waals surface area (Å²) in [5.41, 5.74) is 0.188. The van der Waals surface area contributed by atoms with Gasteiger partial charge < -0.3 is 10.2 Å². The number of rotatable bonds is 3. The molecule has 0 bridgehead atoms. The lowest BCUT2D eigenvalue weighted by atomic mass is 10.1. The molecule has 1 aliphatic rings. The number of hydrogen-bond donors (Lipinski definition) is 1. The van der Waals surface area contributed by atoms with Crippen molar-refractivity contribution in [2.75, 3.05) is 13.1 Å². The van der Waals surface area contributed by atoms with E-state index in [2.05, 4.69) is 21.2 Å². The summed E-state index contributed by atoms with van der Waals surface area (Å²) in [5, 5.41) is 2.63. The van der Waals surface area contributed by atoms with Gasteiger partial charge in [-0.15, -0.1) is 0 Å². The SMILES string of the molecule is CC(NC(=O)c1cc(F)ccc1Br)C(=O)N1CCCCC1. The third kappa shape index (κ3) is 4.03. The third-order valence-corrected chi connectivity index (χ3v) is 4.25. The molecule has 1 unspecified atom stereocenters. The number of carbonyl (C=O) groups excluding carboxylic acids is 2. The van der Waals surface area contributed by atoms with Gasteiger partial charge in [0.25, 0.3) is 5.91 Å². The predicted molar refractivity (Wildman–Crippen MR) is 81.5 cm³/mol. The second-order valence-corrected chi connectivity index (χ2v) is 6.06. The number of nitrogens with one attached hydrogen (secondary N) is 1. The van der Waals surface area contributed by atoms with Crippen LogP contribution in [-0.4, -0.2) is 35.8 Å². The monoisotopic (exact) mass is 356 g/mol. The van der Waals surface area contributed by atoms with E-state index in [1.807, 2.05) is 0 Å². The zero-order chi connectivity index (χ0) is 15.4. The fourth-order valence-electron chi connectivity index (χ4n) is 2.40. The zero-order valence-electron chi connectivity index (χ0n) is 11.9. The molecule has 1 aromatic carbocycles. The minimum absolute atomic E-state index is 0.0874. The Hall–Kier alpha value is -1.43. The Morgan fingerprint density at radius 2 is 1.95 bits per heavy atom. The summed E-state index contributed by atoms with van der Waals surface area (Å²) in [7, 11) is 0. The third-order valence-electron chi connectivity index (χ3n) is 3.56. The number of nitrogens with zero attached hydrogens (tertiary/aromatic N) is 1. The molecule has 0 aliphatic carbocycles. The molecule has 2 amide bonds. The van der Waals surface area contributed by atoms with Crippen LogP contribution in [0, 0.1) is 5.82 Å². The molecular weight excluding hydrogens is 339 g/mol. The minimum atomic E-state index is -0.620. The van der Waals surface area contributed by atoms with Gasteiger partial charge in [0, 0.05) is 17.6 Å². The molecule has 1 N–H and O–H groups in total. The molecule has 21 heavy (non-hydrogen) atoms. The fourth-order valence-corrected chi connectivity index (χ4v) is 2.82. The van der Waals surface area contributed by atoms with Crippen LogP contribution in [0.2, 0.25) is 0 Å². The molecule has 1 fully saturated rings. The van der Waals surface area contributed by atoms with Crippen molar-refractivity contribution in [3.63, 3.8) is 0 Å². The number of piperidine rings is 1. The largest absolute Gasteiger partial charge is 0.341 e. The molecule has 1 saturated heterocycles. The van der Waals surface area contributed by atoms with Crippen molar-refractivity contribution in [2.24, 2.45) is 0 Å². The summed E-state index contributed by atoms with van der Waals surface area (Å²) in [6.45, 7) is 3.13. The van der Waals surface area contributed by atoms with Gasteiger partial charge in [0.1, 0.15) is 11.9 Å². The molecule has 4 nitrogen and oxygen atoms in total. The summed E-state index contributed by atoms with van der Waals surface area (Å²) in [4.78, 5) is 26.2. The van der Waals surface area contributed by atoms with E-state index in [9.17, 15) is 14.0 Å². The Morgan fingerprint density at radius 3 is 2.62 bits per heavy atom. The smallest absolute Gasteiger partial charge is 0.253 e. The maximum Gasteiger partial charge on any atom is 0.253 e. The van der Waals surface area contributed by atoms with Gasteiger partial charge in [-0.05, 0) is 60.3 Å². The summed E-state index contributed by atoms with van der Waals surface area (Å²) in [5.74, 6) is -1.03. The van der Waals surface area contributed by atoms with E-state index in [0.717, 1.165) is 38.4 Å². The maximum atomic E-state index is 13.2. The molecule has 1 aromatic rings. The number of hydrogen-bond acceptors (Lipinski definition) is 2. The summed E-state index contributed by atoms with van der Waals surface area (Å²) in [6.07, 6.45) is 3.14. The fraction of sp³-hybridized carbons (Fsp3) is 0.467. The van der Waals surface area contributed by atoms with E-state index in [-0.39, 0.29) is 11.5 Å². The summed E-state index contributed by atoms with van der Waals surface area (Å²) >= 11 is 3.21. The van der Waals surface area contributed by atoms with Gasteiger partial charge in [0.2, 0.25) is 5.91 Å². The lowest BCUT2D eigenvalue weighted by Gasteiger charge is -2.29. The number of carbonyl (C=O) groups is 2. The number of likely N-dealkylation sites (tertiary alicyclic amines) is 1. The number of amides is 2. The van der Waals surface area contributed by atoms with Gasteiger partial charge in [-0.25, -0.2) is 4.39 Å². The number of halogens is 2. The van der Waals surface area contributed by atoms with Crippen LogP contribution in [-0.2, 0) is 4.79 Å². The molecular formula is C15H18BrFN2O2. The normalized spacial score (nSPS) is 16.4. The van der Waals surface area contributed by atoms with E-state index >= 15 is 0 Å². The number of benzene rings is 1. The highest BCUT2D eigenvalue weighted by Gasteiger charge is 2.24. The topological polar surface area (TPSA) is 49.4 Å². The second kappa shape index (κ2) is 7.02. The van der Waals surface area contributed by atoms with Crippen LogP contribution in [0.25, 0.3) is 0 Å². The second-order valence-electron chi connectivity index (χ2n) is 5.21. The van der Waals surface area contributed by atoms with Crippen LogP contribution in [0.5, 0.6) is 0 Å². The first-order valence-electron chi connectivity index (χ1n) is 7.04. The lowest BCUT2D eigenvalue weighted by Crippen LogP contribution is -2.48. The Bertz CT molecular complexity index is 544. The van der Waals surface area contributed by atoms with Crippen LogP contribution >= 0.6 is 15.9 Å². The molecule has 1 aliphatic heterocycles. The molecule has 0 radical (unpaired) electrons. The van der Waals surface area contributed by atoms with Crippen LogP contribution in [0.15, 0.2) is 22.7 Å². The molecule has 0 spiro atoms. The van der Waals surface area contributed by atoms with Crippen molar-refractivity contribution < 1.29 is 14.0 Å². The van der Waals surface area contributed by atoms with Crippen molar-refractivity contribution in [3.05, 3.63) is 34.1 Å². The van der Waals surface area contributed by atoms with Crippen LogP contribution < -0.4 is 5.32 Å². The van der Waals surface area contributed by atoms with E-state index in [1.54, 1.807) is 11.8 Å². The average Bonchev–Trinajstić information content (AvgIpc) is 2.49. The van der Waals surface area contributed by atoms with Gasteiger partial charge in [-0.2, -0.15) is 0 Å². The highest BCUT2D eigenvalue weighted by molar-refractivity contribution is 9.10. The maximum absolute atomic E-state index is 13.2. The van der Waals surface area contributed by atoms with E-state index in [1.165, 1.54) is 12.1 Å². The Kier molecular flexibility index (Phi) is 5.33. The molecule has 114 valence electrons. The standard InChI is InChI=1S/C15H18BrFN2O2/c1-10(15(21)19-7-3-2-4-8-19)18-14(20)12-9-11(17)5-6-13(12)16/h5-6,9-10H,2-4,7-8H2,1H3,(H,18,20). The Labute approximate surface area is 131 Å². The van der Waals surface area contributed by atoms with Gasteiger partial charge in [-0.3, -0.25) is 9.59 Å². The highest BCUT2D eigenvalue weighted by Crippen LogP contribution is 2.18. The van der Waals surface area contributed by atoms with E-state index in [4.69, 9.17) is 0 Å². The van der Waals surface area contributed by atoms with Crippen molar-refractivity contribution in [3.8, 4) is 0 Å². The quantitative estimate of drug-likeness (QED) is 0.904. The summed E-state index contributed by atoms with van der Waals surface area (Å²) < 4.78 is 13.7. The molecule has 1 atom stereocenters. The van der Waals surface area contributed by atoms with Gasteiger partial charge in [0.15, 0.2) is 0 Å². The van der Waals surface area contributed by atoms with Crippen molar-refractivity contribution in [1.82, 2.24) is 10.2 Å². The van der Waals surface area contributed by atoms with Crippen LogP contribution in [0.4, 0.5) is 4.39 Å². The van der Waals surface area contributed by atoms with Gasteiger partial charge >= 0.3 is 0 Å². The van der Waals surface area contributed by atoms with Crippen molar-refractivity contribution in [1.29, 1.82) is 0 Å². The average molecular weight is 357 g/mol. The molecule has 0 aromatic heterocycles.